The van der Waals surface area contributed by atoms with Crippen LogP contribution in [0.3, 0.4) is 0 Å². The van der Waals surface area contributed by atoms with Gasteiger partial charge in [-0.15, -0.1) is 0 Å². The van der Waals surface area contributed by atoms with Gasteiger partial charge in [-0.05, 0) is 35.7 Å². The summed E-state index contributed by atoms with van der Waals surface area (Å²) in [7, 11) is 0. The number of hydrogen-bond acceptors (Lipinski definition) is 4. The molecule has 1 aliphatic heterocycles. The maximum atomic E-state index is 5.41. The molecule has 0 aliphatic carbocycles. The first kappa shape index (κ1) is 17.0. The minimum absolute atomic E-state index is 0.780. The molecule has 0 radical (unpaired) electrons. The topological polar surface area (TPSA) is 37.4 Å². The molecule has 1 N–H and O–H groups in total. The first-order valence-corrected chi connectivity index (χ1v) is 9.26. The molecule has 0 bridgehead atoms. The van der Waals surface area contributed by atoms with Crippen LogP contribution in [0.25, 0.3) is 10.9 Å². The van der Waals surface area contributed by atoms with Crippen LogP contribution in [0.2, 0.25) is 0 Å². The Morgan fingerprint density at radius 2 is 1.73 bits per heavy atom. The number of hydrogen-bond donors (Lipinski definition) is 1. The Hall–Kier alpha value is -2.43. The Bertz CT molecular complexity index is 870. The third-order valence-corrected chi connectivity index (χ3v) is 4.93. The van der Waals surface area contributed by atoms with Crippen molar-refractivity contribution < 1.29 is 4.74 Å². The van der Waals surface area contributed by atoms with Crippen molar-refractivity contribution in [3.8, 4) is 0 Å². The first-order chi connectivity index (χ1) is 12.8. The molecule has 0 unspecified atom stereocenters. The smallest absolute Gasteiger partial charge is 0.127 e. The van der Waals surface area contributed by atoms with E-state index >= 15 is 0 Å². The van der Waals surface area contributed by atoms with Gasteiger partial charge in [-0.3, -0.25) is 4.90 Å². The van der Waals surface area contributed by atoms with E-state index in [2.05, 4.69) is 65.7 Å². The molecule has 1 aliphatic rings. The van der Waals surface area contributed by atoms with E-state index in [1.165, 1.54) is 22.1 Å². The van der Waals surface area contributed by atoms with Crippen LogP contribution >= 0.6 is 0 Å². The van der Waals surface area contributed by atoms with Crippen molar-refractivity contribution in [1.82, 2.24) is 9.88 Å². The van der Waals surface area contributed by atoms with Crippen molar-refractivity contribution in [1.29, 1.82) is 0 Å². The predicted molar refractivity (Wildman–Crippen MR) is 106 cm³/mol. The van der Waals surface area contributed by atoms with Gasteiger partial charge in [-0.1, -0.05) is 42.5 Å². The van der Waals surface area contributed by atoms with Crippen molar-refractivity contribution in [3.05, 3.63) is 71.3 Å². The fraction of sp³-hybridized carbons (Fsp3) is 0.318. The van der Waals surface area contributed by atoms with E-state index in [-0.39, 0.29) is 0 Å². The number of fused-ring (bicyclic) bond motifs is 1. The van der Waals surface area contributed by atoms with E-state index < -0.39 is 0 Å². The molecule has 4 heteroatoms. The molecule has 1 fully saturated rings. The summed E-state index contributed by atoms with van der Waals surface area (Å²) in [6, 6.07) is 19.3. The first-order valence-electron chi connectivity index (χ1n) is 9.26. The molecule has 4 rings (SSSR count). The zero-order valence-corrected chi connectivity index (χ0v) is 15.2. The summed E-state index contributed by atoms with van der Waals surface area (Å²) in [6.07, 6.45) is 0. The number of nitrogens with zero attached hydrogens (tertiary/aromatic N) is 2. The summed E-state index contributed by atoms with van der Waals surface area (Å²) in [6.45, 7) is 7.66. The van der Waals surface area contributed by atoms with Crippen LogP contribution in [0.5, 0.6) is 0 Å². The lowest BCUT2D eigenvalue weighted by molar-refractivity contribution is 0.0342. The molecule has 0 atom stereocenters. The Labute approximate surface area is 154 Å². The van der Waals surface area contributed by atoms with E-state index in [1.807, 2.05) is 6.07 Å². The average molecular weight is 347 g/mol. The van der Waals surface area contributed by atoms with Crippen LogP contribution in [0.15, 0.2) is 54.6 Å². The van der Waals surface area contributed by atoms with Crippen molar-refractivity contribution in [3.63, 3.8) is 0 Å². The molecule has 1 saturated heterocycles. The number of morpholine rings is 1. The lowest BCUT2D eigenvalue weighted by Crippen LogP contribution is -2.35. The van der Waals surface area contributed by atoms with Gasteiger partial charge < -0.3 is 10.1 Å². The minimum atomic E-state index is 0.780. The van der Waals surface area contributed by atoms with E-state index in [0.29, 0.717) is 0 Å². The highest BCUT2D eigenvalue weighted by molar-refractivity contribution is 5.83. The third kappa shape index (κ3) is 4.03. The summed E-state index contributed by atoms with van der Waals surface area (Å²) in [5.41, 5.74) is 4.91. The van der Waals surface area contributed by atoms with Crippen LogP contribution in [0.1, 0.15) is 16.7 Å². The van der Waals surface area contributed by atoms with Gasteiger partial charge in [-0.2, -0.15) is 0 Å². The Kier molecular flexibility index (Phi) is 5.14. The Morgan fingerprint density at radius 3 is 2.54 bits per heavy atom. The fourth-order valence-corrected chi connectivity index (χ4v) is 3.41. The van der Waals surface area contributed by atoms with E-state index in [4.69, 9.17) is 9.72 Å². The highest BCUT2D eigenvalue weighted by Gasteiger charge is 2.10. The molecular formula is C22H25N3O. The minimum Gasteiger partial charge on any atom is -0.379 e. The fourth-order valence-electron chi connectivity index (χ4n) is 3.41. The highest BCUT2D eigenvalue weighted by atomic mass is 16.5. The summed E-state index contributed by atoms with van der Waals surface area (Å²) < 4.78 is 5.41. The molecule has 134 valence electrons. The van der Waals surface area contributed by atoms with Crippen molar-refractivity contribution in [2.45, 2.75) is 20.0 Å². The monoisotopic (exact) mass is 347 g/mol. The normalized spacial score (nSPS) is 15.3. The molecule has 1 aromatic heterocycles. The summed E-state index contributed by atoms with van der Waals surface area (Å²) in [5.74, 6) is 0.929. The zero-order valence-electron chi connectivity index (χ0n) is 15.2. The van der Waals surface area contributed by atoms with Crippen LogP contribution < -0.4 is 5.32 Å². The molecule has 2 aromatic carbocycles. The van der Waals surface area contributed by atoms with Crippen molar-refractivity contribution in [2.24, 2.45) is 0 Å². The molecule has 4 nitrogen and oxygen atoms in total. The van der Waals surface area contributed by atoms with E-state index in [0.717, 1.165) is 50.7 Å². The number of para-hydroxylation sites is 1. The molecule has 26 heavy (non-hydrogen) atoms. The summed E-state index contributed by atoms with van der Waals surface area (Å²) in [5, 5.41) is 4.67. The lowest BCUT2D eigenvalue weighted by atomic mass is 10.1. The van der Waals surface area contributed by atoms with Crippen LogP contribution in [0, 0.1) is 6.92 Å². The number of pyridine rings is 1. The van der Waals surface area contributed by atoms with Crippen LogP contribution in [0.4, 0.5) is 5.82 Å². The van der Waals surface area contributed by atoms with E-state index in [1.54, 1.807) is 0 Å². The molecule has 0 spiro atoms. The van der Waals surface area contributed by atoms with Gasteiger partial charge in [0.1, 0.15) is 5.82 Å². The van der Waals surface area contributed by atoms with Crippen LogP contribution in [-0.2, 0) is 17.8 Å². The third-order valence-electron chi connectivity index (χ3n) is 4.93. The van der Waals surface area contributed by atoms with Gasteiger partial charge in [-0.25, -0.2) is 4.98 Å². The van der Waals surface area contributed by atoms with Gasteiger partial charge >= 0.3 is 0 Å². The predicted octanol–water partition coefficient (Wildman–Crippen LogP) is 3.99. The second-order valence-corrected chi connectivity index (χ2v) is 6.90. The number of rotatable bonds is 5. The summed E-state index contributed by atoms with van der Waals surface area (Å²) >= 11 is 0. The maximum absolute atomic E-state index is 5.41. The largest absolute Gasteiger partial charge is 0.379 e. The summed E-state index contributed by atoms with van der Waals surface area (Å²) in [4.78, 5) is 7.16. The van der Waals surface area contributed by atoms with Crippen molar-refractivity contribution in [2.75, 3.05) is 31.6 Å². The number of aryl methyl sites for hydroxylation is 1. The number of aromatic nitrogens is 1. The average Bonchev–Trinajstić information content (AvgIpc) is 2.68. The molecule has 3 aromatic rings. The number of nitrogens with one attached hydrogen (secondary N) is 1. The highest BCUT2D eigenvalue weighted by Crippen LogP contribution is 2.20. The Balaban J connectivity index is 1.38. The van der Waals surface area contributed by atoms with Gasteiger partial charge in [0.25, 0.3) is 0 Å². The SMILES string of the molecule is Cc1cc(NCc2ccc(CN3CCOCC3)cc2)nc2ccccc12. The molecule has 0 amide bonds. The van der Waals surface area contributed by atoms with Gasteiger partial charge in [0.05, 0.1) is 18.7 Å². The Morgan fingerprint density at radius 1 is 1.00 bits per heavy atom. The standard InChI is InChI=1S/C22H25N3O/c1-17-14-22(24-21-5-3-2-4-20(17)21)23-15-18-6-8-19(9-7-18)16-25-10-12-26-13-11-25/h2-9,14H,10-13,15-16H2,1H3,(H,23,24). The number of benzene rings is 2. The molecular weight excluding hydrogens is 322 g/mol. The number of anilines is 1. The van der Waals surface area contributed by atoms with Gasteiger partial charge in [0.2, 0.25) is 0 Å². The number of ether oxygens (including phenoxy) is 1. The molecule has 2 heterocycles. The quantitative estimate of drug-likeness (QED) is 0.757. The zero-order chi connectivity index (χ0) is 17.8. The van der Waals surface area contributed by atoms with E-state index in [9.17, 15) is 0 Å². The van der Waals surface area contributed by atoms with Gasteiger partial charge in [0.15, 0.2) is 0 Å². The van der Waals surface area contributed by atoms with Gasteiger partial charge in [0, 0.05) is 31.6 Å². The van der Waals surface area contributed by atoms with Crippen molar-refractivity contribution >= 4 is 16.7 Å². The maximum Gasteiger partial charge on any atom is 0.127 e. The lowest BCUT2D eigenvalue weighted by Gasteiger charge is -2.26. The second kappa shape index (κ2) is 7.85. The molecule has 0 saturated carbocycles. The van der Waals surface area contributed by atoms with Crippen LogP contribution in [-0.4, -0.2) is 36.2 Å². The second-order valence-electron chi connectivity index (χ2n) is 6.90.